The predicted molar refractivity (Wildman–Crippen MR) is 103 cm³/mol. The van der Waals surface area contributed by atoms with E-state index in [1.165, 1.54) is 23.0 Å². The molecule has 5 nitrogen and oxygen atoms in total. The van der Waals surface area contributed by atoms with E-state index in [2.05, 4.69) is 27.3 Å². The maximum atomic E-state index is 12.9. The Morgan fingerprint density at radius 2 is 1.74 bits per heavy atom. The first-order chi connectivity index (χ1) is 12.7. The van der Waals surface area contributed by atoms with Crippen LogP contribution in [-0.4, -0.2) is 80.2 Å². The predicted octanol–water partition coefficient (Wildman–Crippen LogP) is 2.39. The fourth-order valence-electron chi connectivity index (χ4n) is 3.26. The second kappa shape index (κ2) is 9.41. The first-order valence-electron chi connectivity index (χ1n) is 9.20. The summed E-state index contributed by atoms with van der Waals surface area (Å²) in [4.78, 5) is 9.94. The maximum Gasteiger partial charge on any atom is 0.403 e. The molecule has 1 heterocycles. The van der Waals surface area contributed by atoms with Gasteiger partial charge in [-0.05, 0) is 32.1 Å². The highest BCUT2D eigenvalue weighted by Gasteiger charge is 2.41. The average Bonchev–Trinajstić information content (AvgIpc) is 2.62. The van der Waals surface area contributed by atoms with Crippen LogP contribution in [0, 0.1) is 0 Å². The highest BCUT2D eigenvalue weighted by Crippen LogP contribution is 2.25. The first-order valence-corrected chi connectivity index (χ1v) is 9.20. The molecule has 1 fully saturated rings. The van der Waals surface area contributed by atoms with Crippen molar-refractivity contribution in [3.8, 4) is 0 Å². The Kier molecular flexibility index (Phi) is 7.49. The lowest BCUT2D eigenvalue weighted by atomic mass is 10.1. The molecule has 1 atom stereocenters. The number of guanidine groups is 1. The molecular formula is C19H30F3N5. The van der Waals surface area contributed by atoms with E-state index in [1.54, 1.807) is 7.05 Å². The molecule has 0 saturated carbocycles. The number of alkyl halides is 3. The number of aliphatic imine (C=N–C) groups is 1. The van der Waals surface area contributed by atoms with E-state index in [0.29, 0.717) is 32.7 Å². The molecule has 2 rings (SSSR count). The molecule has 1 aliphatic rings. The molecule has 1 unspecified atom stereocenters. The summed E-state index contributed by atoms with van der Waals surface area (Å²) in [6, 6.07) is 6.82. The number of hydrogen-bond donors (Lipinski definition) is 1. The van der Waals surface area contributed by atoms with Crippen LogP contribution >= 0.6 is 0 Å². The molecule has 1 saturated heterocycles. The minimum Gasteiger partial charge on any atom is -0.352 e. The molecule has 0 bridgehead atoms. The van der Waals surface area contributed by atoms with Crippen LogP contribution < -0.4 is 5.32 Å². The van der Waals surface area contributed by atoms with Crippen molar-refractivity contribution in [2.75, 3.05) is 47.3 Å². The summed E-state index contributed by atoms with van der Waals surface area (Å²) in [6.45, 7) is 4.51. The van der Waals surface area contributed by atoms with E-state index in [0.717, 1.165) is 12.5 Å². The van der Waals surface area contributed by atoms with E-state index in [9.17, 15) is 13.2 Å². The number of halogens is 3. The standard InChI is InChI=1S/C19H30F3N5/c1-15(19(20,21)22)26-9-11-27(12-10-26)18(23-2)24-13-16-7-5-6-8-17(16)14-25(3)4/h5-8,15H,9-14H2,1-4H3,(H,23,24). The van der Waals surface area contributed by atoms with Crippen molar-refractivity contribution in [1.82, 2.24) is 20.0 Å². The number of rotatable bonds is 5. The molecule has 152 valence electrons. The zero-order chi connectivity index (χ0) is 20.0. The van der Waals surface area contributed by atoms with Crippen LogP contribution in [0.15, 0.2) is 29.3 Å². The van der Waals surface area contributed by atoms with Crippen LogP contribution in [0.5, 0.6) is 0 Å². The van der Waals surface area contributed by atoms with Crippen LogP contribution in [0.25, 0.3) is 0 Å². The lowest BCUT2D eigenvalue weighted by Gasteiger charge is -2.39. The average molecular weight is 385 g/mol. The number of hydrogen-bond acceptors (Lipinski definition) is 3. The third-order valence-electron chi connectivity index (χ3n) is 4.89. The molecule has 1 aliphatic heterocycles. The van der Waals surface area contributed by atoms with E-state index in [1.807, 2.05) is 31.1 Å². The highest BCUT2D eigenvalue weighted by atomic mass is 19.4. The molecular weight excluding hydrogens is 355 g/mol. The van der Waals surface area contributed by atoms with E-state index in [4.69, 9.17) is 0 Å². The van der Waals surface area contributed by atoms with Gasteiger partial charge in [-0.15, -0.1) is 0 Å². The minimum atomic E-state index is -4.18. The molecule has 27 heavy (non-hydrogen) atoms. The van der Waals surface area contributed by atoms with Crippen molar-refractivity contribution >= 4 is 5.96 Å². The van der Waals surface area contributed by atoms with Gasteiger partial charge in [-0.25, -0.2) is 0 Å². The van der Waals surface area contributed by atoms with Gasteiger partial charge < -0.3 is 15.1 Å². The zero-order valence-electron chi connectivity index (χ0n) is 16.6. The van der Waals surface area contributed by atoms with Crippen molar-refractivity contribution in [1.29, 1.82) is 0 Å². The molecule has 0 spiro atoms. The summed E-state index contributed by atoms with van der Waals surface area (Å²) in [5.74, 6) is 0.731. The molecule has 0 aliphatic carbocycles. The maximum absolute atomic E-state index is 12.9. The molecule has 0 aromatic heterocycles. The lowest BCUT2D eigenvalue weighted by molar-refractivity contribution is -0.181. The molecule has 1 N–H and O–H groups in total. The van der Waals surface area contributed by atoms with Gasteiger partial charge in [-0.2, -0.15) is 13.2 Å². The fourth-order valence-corrected chi connectivity index (χ4v) is 3.26. The van der Waals surface area contributed by atoms with Crippen molar-refractivity contribution < 1.29 is 13.2 Å². The van der Waals surface area contributed by atoms with E-state index in [-0.39, 0.29) is 0 Å². The van der Waals surface area contributed by atoms with Crippen molar-refractivity contribution in [3.63, 3.8) is 0 Å². The Morgan fingerprint density at radius 1 is 1.15 bits per heavy atom. The van der Waals surface area contributed by atoms with Crippen LogP contribution in [-0.2, 0) is 13.1 Å². The van der Waals surface area contributed by atoms with Gasteiger partial charge in [0.25, 0.3) is 0 Å². The van der Waals surface area contributed by atoms with Crippen molar-refractivity contribution in [2.45, 2.75) is 32.2 Å². The van der Waals surface area contributed by atoms with Gasteiger partial charge in [0.15, 0.2) is 5.96 Å². The van der Waals surface area contributed by atoms with Crippen molar-refractivity contribution in [3.05, 3.63) is 35.4 Å². The SMILES string of the molecule is CN=C(NCc1ccccc1CN(C)C)N1CCN(C(C)C(F)(F)F)CC1. The molecule has 0 radical (unpaired) electrons. The Bertz CT molecular complexity index is 622. The zero-order valence-corrected chi connectivity index (χ0v) is 16.6. The molecule has 8 heteroatoms. The van der Waals surface area contributed by atoms with Gasteiger partial charge in [0, 0.05) is 46.3 Å². The normalized spacial score (nSPS) is 18.1. The van der Waals surface area contributed by atoms with Crippen LogP contribution in [0.4, 0.5) is 13.2 Å². The number of nitrogens with one attached hydrogen (secondary N) is 1. The minimum absolute atomic E-state index is 0.374. The quantitative estimate of drug-likeness (QED) is 0.624. The number of nitrogens with zero attached hydrogens (tertiary/aromatic N) is 4. The largest absolute Gasteiger partial charge is 0.403 e. The monoisotopic (exact) mass is 385 g/mol. The Balaban J connectivity index is 1.92. The van der Waals surface area contributed by atoms with Gasteiger partial charge in [-0.1, -0.05) is 24.3 Å². The topological polar surface area (TPSA) is 34.1 Å². The summed E-state index contributed by atoms with van der Waals surface area (Å²) in [6.07, 6.45) is -4.18. The third kappa shape index (κ3) is 6.10. The second-order valence-corrected chi connectivity index (χ2v) is 7.15. The Hall–Kier alpha value is -1.80. The fraction of sp³-hybridized carbons (Fsp3) is 0.632. The highest BCUT2D eigenvalue weighted by molar-refractivity contribution is 5.80. The number of benzene rings is 1. The van der Waals surface area contributed by atoms with Gasteiger partial charge in [0.05, 0.1) is 0 Å². The van der Waals surface area contributed by atoms with Crippen LogP contribution in [0.3, 0.4) is 0 Å². The van der Waals surface area contributed by atoms with Gasteiger partial charge >= 0.3 is 6.18 Å². The molecule has 1 aromatic rings. The smallest absolute Gasteiger partial charge is 0.352 e. The summed E-state index contributed by atoms with van der Waals surface area (Å²) in [5, 5.41) is 3.36. The lowest BCUT2D eigenvalue weighted by Crippen LogP contribution is -2.56. The van der Waals surface area contributed by atoms with Gasteiger partial charge in [0.1, 0.15) is 6.04 Å². The van der Waals surface area contributed by atoms with Crippen molar-refractivity contribution in [2.24, 2.45) is 4.99 Å². The Morgan fingerprint density at radius 3 is 2.26 bits per heavy atom. The third-order valence-corrected chi connectivity index (χ3v) is 4.89. The summed E-state index contributed by atoms with van der Waals surface area (Å²) in [7, 11) is 5.77. The van der Waals surface area contributed by atoms with Gasteiger partial charge in [0.2, 0.25) is 0 Å². The van der Waals surface area contributed by atoms with Crippen LogP contribution in [0.2, 0.25) is 0 Å². The number of piperazine rings is 1. The Labute approximate surface area is 159 Å². The van der Waals surface area contributed by atoms with Gasteiger partial charge in [-0.3, -0.25) is 9.89 Å². The van der Waals surface area contributed by atoms with Crippen LogP contribution in [0.1, 0.15) is 18.1 Å². The molecule has 0 amide bonds. The van der Waals surface area contributed by atoms with E-state index < -0.39 is 12.2 Å². The first kappa shape index (κ1) is 21.5. The molecule has 1 aromatic carbocycles. The summed E-state index contributed by atoms with van der Waals surface area (Å²) >= 11 is 0. The summed E-state index contributed by atoms with van der Waals surface area (Å²) < 4.78 is 38.7. The van der Waals surface area contributed by atoms with E-state index >= 15 is 0 Å². The second-order valence-electron chi connectivity index (χ2n) is 7.15. The summed E-state index contributed by atoms with van der Waals surface area (Å²) in [5.41, 5.74) is 2.44.